The molecule has 3 atom stereocenters. The van der Waals surface area contributed by atoms with Crippen molar-refractivity contribution < 1.29 is 18.3 Å². The van der Waals surface area contributed by atoms with Crippen LogP contribution in [0.3, 0.4) is 0 Å². The van der Waals surface area contributed by atoms with Crippen molar-refractivity contribution in [1.82, 2.24) is 9.03 Å². The van der Waals surface area contributed by atoms with Gasteiger partial charge < -0.3 is 5.11 Å². The molecule has 0 spiro atoms. The van der Waals surface area contributed by atoms with Gasteiger partial charge in [0.1, 0.15) is 5.54 Å². The van der Waals surface area contributed by atoms with E-state index in [1.165, 1.54) is 4.31 Å². The van der Waals surface area contributed by atoms with Crippen LogP contribution in [0.2, 0.25) is 0 Å². The summed E-state index contributed by atoms with van der Waals surface area (Å²) >= 11 is 0. The monoisotopic (exact) mass is 386 g/mol. The average molecular weight is 386 g/mol. The highest BCUT2D eigenvalue weighted by Gasteiger charge is 2.70. The molecular formula is C20H22N2O4S. The van der Waals surface area contributed by atoms with Crippen LogP contribution < -0.4 is 4.72 Å². The summed E-state index contributed by atoms with van der Waals surface area (Å²) in [5, 5.41) is 9.88. The van der Waals surface area contributed by atoms with Gasteiger partial charge in [-0.1, -0.05) is 61.5 Å². The van der Waals surface area contributed by atoms with E-state index in [0.717, 1.165) is 16.7 Å². The fourth-order valence-corrected chi connectivity index (χ4v) is 5.85. The molecule has 2 aromatic carbocycles. The van der Waals surface area contributed by atoms with Crippen LogP contribution in [0, 0.1) is 5.92 Å². The molecule has 1 saturated carbocycles. The summed E-state index contributed by atoms with van der Waals surface area (Å²) in [4.78, 5) is 12.1. The highest BCUT2D eigenvalue weighted by molar-refractivity contribution is 7.87. The Kier molecular flexibility index (Phi) is 4.33. The van der Waals surface area contributed by atoms with Crippen molar-refractivity contribution >= 4 is 16.2 Å². The van der Waals surface area contributed by atoms with Crippen molar-refractivity contribution in [1.29, 1.82) is 0 Å². The molecule has 1 aliphatic carbocycles. The third-order valence-corrected chi connectivity index (χ3v) is 7.43. The largest absolute Gasteiger partial charge is 0.480 e. The van der Waals surface area contributed by atoms with E-state index in [-0.39, 0.29) is 18.4 Å². The molecule has 0 aromatic heterocycles. The molecule has 2 aromatic rings. The highest BCUT2D eigenvalue weighted by atomic mass is 32.2. The predicted molar refractivity (Wildman–Crippen MR) is 101 cm³/mol. The first-order chi connectivity index (χ1) is 12.9. The molecule has 4 rings (SSSR count). The second-order valence-corrected chi connectivity index (χ2v) is 8.98. The SMILES string of the molecule is CC1[C@H](c2ccccc2)[C@]1(NS(=O)(=O)N1CCc2ccccc2C1)C(=O)O. The van der Waals surface area contributed by atoms with E-state index in [1.54, 1.807) is 6.92 Å². The molecule has 2 aliphatic rings. The molecule has 0 radical (unpaired) electrons. The molecule has 0 saturated heterocycles. The van der Waals surface area contributed by atoms with Crippen molar-refractivity contribution in [2.75, 3.05) is 6.54 Å². The van der Waals surface area contributed by atoms with Gasteiger partial charge in [0.05, 0.1) is 0 Å². The van der Waals surface area contributed by atoms with Crippen LogP contribution >= 0.6 is 0 Å². The maximum Gasteiger partial charge on any atom is 0.325 e. The summed E-state index contributed by atoms with van der Waals surface area (Å²) in [6, 6.07) is 17.0. The maximum absolute atomic E-state index is 13.0. The first-order valence-electron chi connectivity index (χ1n) is 9.00. The van der Waals surface area contributed by atoms with Gasteiger partial charge in [-0.05, 0) is 29.0 Å². The van der Waals surface area contributed by atoms with Gasteiger partial charge in [-0.2, -0.15) is 17.4 Å². The fraction of sp³-hybridized carbons (Fsp3) is 0.350. The number of carboxylic acid groups (broad SMARTS) is 1. The van der Waals surface area contributed by atoms with Crippen molar-refractivity contribution in [2.24, 2.45) is 5.92 Å². The van der Waals surface area contributed by atoms with Gasteiger partial charge in [-0.15, -0.1) is 0 Å². The quantitative estimate of drug-likeness (QED) is 0.824. The minimum absolute atomic E-state index is 0.256. The first kappa shape index (κ1) is 18.2. The lowest BCUT2D eigenvalue weighted by atomic mass is 10.0. The molecule has 27 heavy (non-hydrogen) atoms. The Morgan fingerprint density at radius 1 is 1.11 bits per heavy atom. The number of carboxylic acids is 1. The minimum Gasteiger partial charge on any atom is -0.480 e. The van der Waals surface area contributed by atoms with Gasteiger partial charge >= 0.3 is 5.97 Å². The Labute approximate surface area is 159 Å². The number of rotatable bonds is 5. The predicted octanol–water partition coefficient (Wildman–Crippen LogP) is 2.14. The molecule has 0 amide bonds. The normalized spacial score (nSPS) is 27.7. The number of fused-ring (bicyclic) bond motifs is 1. The van der Waals surface area contributed by atoms with E-state index in [0.29, 0.717) is 13.0 Å². The van der Waals surface area contributed by atoms with E-state index in [1.807, 2.05) is 54.6 Å². The number of benzene rings is 2. The smallest absolute Gasteiger partial charge is 0.325 e. The fourth-order valence-electron chi connectivity index (χ4n) is 4.25. The molecule has 1 heterocycles. The molecule has 6 nitrogen and oxygen atoms in total. The van der Waals surface area contributed by atoms with Crippen LogP contribution in [-0.2, 0) is 28.0 Å². The molecule has 1 aliphatic heterocycles. The van der Waals surface area contributed by atoms with Gasteiger partial charge in [0.25, 0.3) is 10.2 Å². The Morgan fingerprint density at radius 2 is 1.74 bits per heavy atom. The van der Waals surface area contributed by atoms with Gasteiger partial charge in [0.2, 0.25) is 0 Å². The van der Waals surface area contributed by atoms with Gasteiger partial charge in [0, 0.05) is 19.0 Å². The van der Waals surface area contributed by atoms with Gasteiger partial charge in [0.15, 0.2) is 0 Å². The topological polar surface area (TPSA) is 86.7 Å². The lowest BCUT2D eigenvalue weighted by Gasteiger charge is -2.29. The molecule has 1 fully saturated rings. The molecule has 7 heteroatoms. The highest BCUT2D eigenvalue weighted by Crippen LogP contribution is 2.58. The number of hydrogen-bond acceptors (Lipinski definition) is 3. The minimum atomic E-state index is -3.94. The average Bonchev–Trinajstić information content (AvgIpc) is 3.26. The Balaban J connectivity index is 1.61. The number of carbonyl (C=O) groups is 1. The second kappa shape index (κ2) is 6.44. The Hall–Kier alpha value is -2.22. The maximum atomic E-state index is 13.0. The van der Waals surface area contributed by atoms with Crippen LogP contribution in [0.25, 0.3) is 0 Å². The number of nitrogens with one attached hydrogen (secondary N) is 1. The third kappa shape index (κ3) is 2.96. The summed E-state index contributed by atoms with van der Waals surface area (Å²) in [7, 11) is -3.94. The lowest BCUT2D eigenvalue weighted by molar-refractivity contribution is -0.140. The van der Waals surface area contributed by atoms with Gasteiger partial charge in [-0.3, -0.25) is 4.79 Å². The van der Waals surface area contributed by atoms with E-state index >= 15 is 0 Å². The van der Waals surface area contributed by atoms with Crippen molar-refractivity contribution in [3.05, 3.63) is 71.3 Å². The zero-order chi connectivity index (χ0) is 19.2. The van der Waals surface area contributed by atoms with Crippen molar-refractivity contribution in [3.8, 4) is 0 Å². The van der Waals surface area contributed by atoms with Crippen LogP contribution in [0.15, 0.2) is 54.6 Å². The van der Waals surface area contributed by atoms with Crippen LogP contribution in [0.1, 0.15) is 29.5 Å². The Morgan fingerprint density at radius 3 is 2.41 bits per heavy atom. The Bertz CT molecular complexity index is 976. The summed E-state index contributed by atoms with van der Waals surface area (Å²) in [5.41, 5.74) is 1.43. The zero-order valence-electron chi connectivity index (χ0n) is 15.0. The molecule has 142 valence electrons. The van der Waals surface area contributed by atoms with Crippen molar-refractivity contribution in [2.45, 2.75) is 31.3 Å². The van der Waals surface area contributed by atoms with Crippen molar-refractivity contribution in [3.63, 3.8) is 0 Å². The number of hydrogen-bond donors (Lipinski definition) is 2. The summed E-state index contributed by atoms with van der Waals surface area (Å²) in [6.45, 7) is 2.37. The van der Waals surface area contributed by atoms with Gasteiger partial charge in [-0.25, -0.2) is 0 Å². The third-order valence-electron chi connectivity index (χ3n) is 5.85. The van der Waals surface area contributed by atoms with E-state index in [4.69, 9.17) is 0 Å². The summed E-state index contributed by atoms with van der Waals surface area (Å²) < 4.78 is 29.9. The first-order valence-corrected chi connectivity index (χ1v) is 10.4. The summed E-state index contributed by atoms with van der Waals surface area (Å²) in [5.74, 6) is -1.85. The number of nitrogens with zero attached hydrogens (tertiary/aromatic N) is 1. The lowest BCUT2D eigenvalue weighted by Crippen LogP contribution is -2.52. The summed E-state index contributed by atoms with van der Waals surface area (Å²) in [6.07, 6.45) is 0.620. The van der Waals surface area contributed by atoms with E-state index in [9.17, 15) is 18.3 Å². The van der Waals surface area contributed by atoms with Crippen LogP contribution in [-0.4, -0.2) is 35.9 Å². The van der Waals surface area contributed by atoms with E-state index < -0.39 is 21.7 Å². The van der Waals surface area contributed by atoms with Crippen LogP contribution in [0.4, 0.5) is 0 Å². The molecule has 0 bridgehead atoms. The molecule has 1 unspecified atom stereocenters. The standard InChI is InChI=1S/C20H22N2O4S/c1-14-18(16-8-3-2-4-9-16)20(14,19(23)24)21-27(25,26)22-12-11-15-7-5-6-10-17(15)13-22/h2-10,14,18,21H,11-13H2,1H3,(H,23,24)/t14?,18-,20+/m1/s1. The van der Waals surface area contributed by atoms with Crippen LogP contribution in [0.5, 0.6) is 0 Å². The molecule has 2 N–H and O–H groups in total. The zero-order valence-corrected chi connectivity index (χ0v) is 15.8. The molecular weight excluding hydrogens is 364 g/mol. The number of aliphatic carboxylic acids is 1. The second-order valence-electron chi connectivity index (χ2n) is 7.31. The van der Waals surface area contributed by atoms with E-state index in [2.05, 4.69) is 4.72 Å².